The summed E-state index contributed by atoms with van der Waals surface area (Å²) in [5, 5.41) is -0.0117. The van der Waals surface area contributed by atoms with Gasteiger partial charge in [-0.05, 0) is 25.1 Å². The van der Waals surface area contributed by atoms with Gasteiger partial charge in [0.15, 0.2) is 0 Å². The summed E-state index contributed by atoms with van der Waals surface area (Å²) in [6.07, 6.45) is -2.29. The zero-order valence-corrected chi connectivity index (χ0v) is 11.7. The molecule has 0 aliphatic rings. The predicted octanol–water partition coefficient (Wildman–Crippen LogP) is 5.17. The molecule has 0 bridgehead atoms. The van der Waals surface area contributed by atoms with Gasteiger partial charge in [-0.15, -0.1) is 0 Å². The number of aliphatic imine (C=N–C) groups is 1. The van der Waals surface area contributed by atoms with Gasteiger partial charge in [0.05, 0.1) is 22.5 Å². The molecule has 2 rings (SSSR count). The third kappa shape index (κ3) is 3.21. The molecule has 0 fully saturated rings. The van der Waals surface area contributed by atoms with Crippen molar-refractivity contribution in [3.8, 4) is 0 Å². The average Bonchev–Trinajstić information content (AvgIpc) is 2.50. The smallest absolute Gasteiger partial charge is 0.246 e. The second-order valence-corrected chi connectivity index (χ2v) is 4.38. The van der Waals surface area contributed by atoms with Crippen LogP contribution in [0.25, 0.3) is 16.6 Å². The fraction of sp³-hybridized carbons (Fsp3) is 0.125. The molecule has 2 aromatic rings. The molecule has 0 unspecified atom stereocenters. The Kier molecular flexibility index (Phi) is 4.40. The number of fused-ring (bicyclic) bond motifs is 1. The van der Waals surface area contributed by atoms with Crippen LogP contribution in [0, 0.1) is 0 Å². The Bertz CT molecular complexity index is 773. The lowest BCUT2D eigenvalue weighted by Crippen LogP contribution is -2.08. The molecular weight excluding hydrogens is 296 g/mol. The van der Waals surface area contributed by atoms with Crippen LogP contribution in [0.4, 0.5) is 17.6 Å². The van der Waals surface area contributed by atoms with E-state index in [-0.39, 0.29) is 22.3 Å². The number of pyridine rings is 1. The van der Waals surface area contributed by atoms with Gasteiger partial charge in [-0.2, -0.15) is 17.6 Å². The largest absolute Gasteiger partial charge is 0.417 e. The number of hydrogen-bond donors (Lipinski definition) is 0. The molecule has 6 heteroatoms. The van der Waals surface area contributed by atoms with Gasteiger partial charge in [-0.3, -0.25) is 0 Å². The van der Waals surface area contributed by atoms with E-state index in [0.29, 0.717) is 0 Å². The van der Waals surface area contributed by atoms with E-state index in [4.69, 9.17) is 0 Å². The topological polar surface area (TPSA) is 25.2 Å². The number of benzene rings is 1. The molecule has 0 aliphatic heterocycles. The van der Waals surface area contributed by atoms with Gasteiger partial charge < -0.3 is 0 Å². The fourth-order valence-corrected chi connectivity index (χ4v) is 1.97. The van der Waals surface area contributed by atoms with Crippen LogP contribution in [-0.2, 0) is 6.18 Å². The lowest BCUT2D eigenvalue weighted by Gasteiger charge is -2.12. The van der Waals surface area contributed by atoms with E-state index in [2.05, 4.69) is 16.6 Å². The van der Waals surface area contributed by atoms with Crippen molar-refractivity contribution in [2.75, 3.05) is 0 Å². The number of nitrogens with zero attached hydrogens (tertiary/aromatic N) is 2. The summed E-state index contributed by atoms with van der Waals surface area (Å²) < 4.78 is 52.9. The summed E-state index contributed by atoms with van der Waals surface area (Å²) in [5.41, 5.74) is -0.707. The highest BCUT2D eigenvalue weighted by atomic mass is 19.4. The summed E-state index contributed by atoms with van der Waals surface area (Å²) in [7, 11) is 0. The predicted molar refractivity (Wildman–Crippen MR) is 79.1 cm³/mol. The minimum Gasteiger partial charge on any atom is -0.246 e. The third-order valence-electron chi connectivity index (χ3n) is 2.95. The maximum Gasteiger partial charge on any atom is 0.417 e. The Labute approximate surface area is 124 Å². The number of rotatable bonds is 3. The molecule has 1 heterocycles. The first-order valence-corrected chi connectivity index (χ1v) is 6.37. The molecule has 2 nitrogen and oxygen atoms in total. The molecule has 0 spiro atoms. The van der Waals surface area contributed by atoms with Crippen molar-refractivity contribution in [1.82, 2.24) is 4.98 Å². The Morgan fingerprint density at radius 1 is 1.27 bits per heavy atom. The Balaban J connectivity index is 2.73. The molecule has 0 N–H and O–H groups in total. The van der Waals surface area contributed by atoms with Crippen molar-refractivity contribution in [1.29, 1.82) is 0 Å². The van der Waals surface area contributed by atoms with Crippen LogP contribution >= 0.6 is 0 Å². The number of halogens is 4. The summed E-state index contributed by atoms with van der Waals surface area (Å²) in [6.45, 7) is 4.76. The number of allylic oxidation sites excluding steroid dienone is 2. The lowest BCUT2D eigenvalue weighted by molar-refractivity contribution is -0.136. The van der Waals surface area contributed by atoms with Gasteiger partial charge in [-0.1, -0.05) is 30.9 Å². The first-order chi connectivity index (χ1) is 10.4. The molecule has 0 saturated heterocycles. The zero-order chi connectivity index (χ0) is 16.3. The van der Waals surface area contributed by atoms with Gasteiger partial charge >= 0.3 is 6.18 Å². The van der Waals surface area contributed by atoms with Crippen molar-refractivity contribution >= 4 is 22.6 Å². The quantitative estimate of drug-likeness (QED) is 0.567. The van der Waals surface area contributed by atoms with E-state index in [9.17, 15) is 17.6 Å². The van der Waals surface area contributed by atoms with Crippen LogP contribution < -0.4 is 0 Å². The van der Waals surface area contributed by atoms with Gasteiger partial charge in [-0.25, -0.2) is 9.98 Å². The molecule has 114 valence electrons. The molecule has 0 radical (unpaired) electrons. The third-order valence-corrected chi connectivity index (χ3v) is 2.95. The van der Waals surface area contributed by atoms with Gasteiger partial charge in [0, 0.05) is 5.39 Å². The van der Waals surface area contributed by atoms with E-state index in [1.807, 2.05) is 0 Å². The Morgan fingerprint density at radius 2 is 1.95 bits per heavy atom. The first kappa shape index (κ1) is 15.9. The number of para-hydroxylation sites is 1. The monoisotopic (exact) mass is 308 g/mol. The van der Waals surface area contributed by atoms with Gasteiger partial charge in [0.2, 0.25) is 5.97 Å². The zero-order valence-electron chi connectivity index (χ0n) is 11.7. The van der Waals surface area contributed by atoms with E-state index in [0.717, 1.165) is 12.1 Å². The maximum atomic E-state index is 13.2. The molecular formula is C16H12F4N2. The van der Waals surface area contributed by atoms with Crippen LogP contribution in [0.1, 0.15) is 18.2 Å². The molecule has 0 atom stereocenters. The highest BCUT2D eigenvalue weighted by Crippen LogP contribution is 2.36. The normalized spacial score (nSPS) is 13.5. The van der Waals surface area contributed by atoms with Crippen molar-refractivity contribution in [3.05, 3.63) is 60.3 Å². The lowest BCUT2D eigenvalue weighted by atomic mass is 10.1. The first-order valence-electron chi connectivity index (χ1n) is 6.37. The van der Waals surface area contributed by atoms with Crippen LogP contribution in [-0.4, -0.2) is 10.9 Å². The number of aromatic nitrogens is 1. The van der Waals surface area contributed by atoms with Crippen molar-refractivity contribution < 1.29 is 17.6 Å². The second-order valence-electron chi connectivity index (χ2n) is 4.38. The molecule has 22 heavy (non-hydrogen) atoms. The molecule has 1 aromatic carbocycles. The van der Waals surface area contributed by atoms with Crippen LogP contribution in [0.5, 0.6) is 0 Å². The summed E-state index contributed by atoms with van der Waals surface area (Å²) in [4.78, 5) is 7.71. The minimum atomic E-state index is -4.54. The Morgan fingerprint density at radius 3 is 2.55 bits per heavy atom. The van der Waals surface area contributed by atoms with Crippen molar-refractivity contribution in [3.63, 3.8) is 0 Å². The summed E-state index contributed by atoms with van der Waals surface area (Å²) >= 11 is 0. The van der Waals surface area contributed by atoms with Gasteiger partial charge in [0.1, 0.15) is 0 Å². The van der Waals surface area contributed by atoms with Crippen molar-refractivity contribution in [2.45, 2.75) is 13.1 Å². The second kappa shape index (κ2) is 6.09. The molecule has 0 saturated carbocycles. The van der Waals surface area contributed by atoms with Crippen LogP contribution in [0.3, 0.4) is 0 Å². The van der Waals surface area contributed by atoms with Crippen LogP contribution in [0.2, 0.25) is 0 Å². The number of hydrogen-bond acceptors (Lipinski definition) is 2. The van der Waals surface area contributed by atoms with Gasteiger partial charge in [0.25, 0.3) is 0 Å². The average molecular weight is 308 g/mol. The van der Waals surface area contributed by atoms with E-state index < -0.39 is 17.7 Å². The van der Waals surface area contributed by atoms with Crippen LogP contribution in [0.15, 0.2) is 54.1 Å². The standard InChI is InChI=1S/C16H12F4N2/c1-3-12(22-15(17)4-2)14-9-11(16(18,19)20)10-7-5-6-8-13(10)21-14/h3-9H,2H2,1H3/b12-3-,22-15+. The SMILES string of the molecule is C=C/C(F)=N\C(=C/C)c1cc(C(F)(F)F)c2ccccc2n1. The van der Waals surface area contributed by atoms with E-state index in [1.54, 1.807) is 13.0 Å². The van der Waals surface area contributed by atoms with Crippen molar-refractivity contribution in [2.24, 2.45) is 4.99 Å². The molecule has 0 amide bonds. The summed E-state index contributed by atoms with van der Waals surface area (Å²) in [6, 6.07) is 6.78. The molecule has 1 aromatic heterocycles. The highest BCUT2D eigenvalue weighted by molar-refractivity contribution is 5.91. The van der Waals surface area contributed by atoms with E-state index >= 15 is 0 Å². The number of alkyl halides is 3. The van der Waals surface area contributed by atoms with E-state index in [1.165, 1.54) is 24.3 Å². The molecule has 0 aliphatic carbocycles. The minimum absolute atomic E-state index is 0.00801. The Hall–Kier alpha value is -2.50. The highest BCUT2D eigenvalue weighted by Gasteiger charge is 2.33. The summed E-state index contributed by atoms with van der Waals surface area (Å²) in [5.74, 6) is -0.892. The fourth-order valence-electron chi connectivity index (χ4n) is 1.97. The maximum absolute atomic E-state index is 13.2.